The minimum Gasteiger partial charge on any atom is -0.368 e. The smallest absolute Gasteiger partial charge is 0.251 e. The number of primary amides is 1. The molecule has 1 aromatic heterocycles. The Kier molecular flexibility index (Phi) is 7.99. The number of carbonyl (C=O) groups excluding carboxylic acids is 2. The Bertz CT molecular complexity index is 965. The zero-order valence-electron chi connectivity index (χ0n) is 17.3. The van der Waals surface area contributed by atoms with Gasteiger partial charge in [-0.1, -0.05) is 49.2 Å². The first kappa shape index (κ1) is 22.0. The number of nitrogens with one attached hydrogen (secondary N) is 2. The van der Waals surface area contributed by atoms with Crippen LogP contribution in [0.15, 0.2) is 60.0 Å². The van der Waals surface area contributed by atoms with Gasteiger partial charge in [0.25, 0.3) is 5.91 Å². The van der Waals surface area contributed by atoms with Crippen LogP contribution in [0.1, 0.15) is 54.6 Å². The lowest BCUT2D eigenvalue weighted by molar-refractivity contribution is -0.117. The van der Waals surface area contributed by atoms with Crippen molar-refractivity contribution in [2.75, 3.05) is 6.54 Å². The van der Waals surface area contributed by atoms with Gasteiger partial charge in [0.15, 0.2) is 0 Å². The fourth-order valence-corrected chi connectivity index (χ4v) is 4.78. The minimum absolute atomic E-state index is 0.131. The Morgan fingerprint density at radius 1 is 1.07 bits per heavy atom. The van der Waals surface area contributed by atoms with Gasteiger partial charge in [-0.15, -0.1) is 11.3 Å². The Morgan fingerprint density at radius 2 is 1.73 bits per heavy atom. The van der Waals surface area contributed by atoms with Gasteiger partial charge in [0, 0.05) is 22.3 Å². The summed E-state index contributed by atoms with van der Waals surface area (Å²) < 4.78 is 1.41. The van der Waals surface area contributed by atoms with Crippen LogP contribution in [-0.4, -0.2) is 24.4 Å². The molecule has 6 heteroatoms. The van der Waals surface area contributed by atoms with E-state index < -0.39 is 5.91 Å². The molecule has 2 aromatic carbocycles. The first-order valence-corrected chi connectivity index (χ1v) is 11.3. The minimum atomic E-state index is -0.552. The van der Waals surface area contributed by atoms with Crippen LogP contribution in [-0.2, 0) is 4.79 Å². The largest absolute Gasteiger partial charge is 0.368 e. The molecule has 0 spiro atoms. The highest BCUT2D eigenvalue weighted by Crippen LogP contribution is 2.31. The molecule has 1 saturated carbocycles. The third kappa shape index (κ3) is 6.15. The number of amides is 2. The second-order valence-electron chi connectivity index (χ2n) is 7.57. The highest BCUT2D eigenvalue weighted by molar-refractivity contribution is 7.17. The van der Waals surface area contributed by atoms with Gasteiger partial charge in [-0.05, 0) is 54.3 Å². The first-order valence-electron chi connectivity index (χ1n) is 10.4. The van der Waals surface area contributed by atoms with Gasteiger partial charge in [0.1, 0.15) is 0 Å². The molecule has 4 rings (SSSR count). The van der Waals surface area contributed by atoms with Crippen molar-refractivity contribution in [1.82, 2.24) is 10.6 Å². The zero-order chi connectivity index (χ0) is 21.3. The van der Waals surface area contributed by atoms with Crippen molar-refractivity contribution in [3.63, 3.8) is 0 Å². The Balaban J connectivity index is 0.000000178. The predicted octanol–water partition coefficient (Wildman–Crippen LogP) is 4.40. The second kappa shape index (κ2) is 10.9. The fourth-order valence-electron chi connectivity index (χ4n) is 3.73. The molecule has 1 heterocycles. The zero-order valence-corrected chi connectivity index (χ0v) is 18.1. The maximum absolute atomic E-state index is 11.2. The van der Waals surface area contributed by atoms with Crippen molar-refractivity contribution in [2.45, 2.75) is 44.7 Å². The Morgan fingerprint density at radius 3 is 2.43 bits per heavy atom. The molecule has 1 fully saturated rings. The summed E-state index contributed by atoms with van der Waals surface area (Å²) in [6.07, 6.45) is 5.50. The van der Waals surface area contributed by atoms with Gasteiger partial charge < -0.3 is 16.4 Å². The molecular weight excluding hydrogens is 394 g/mol. The van der Waals surface area contributed by atoms with Crippen molar-refractivity contribution in [3.05, 3.63) is 71.1 Å². The lowest BCUT2D eigenvalue weighted by atomic mass is 10.1. The summed E-state index contributed by atoms with van der Waals surface area (Å²) in [7, 11) is 0. The third-order valence-corrected chi connectivity index (χ3v) is 6.26. The van der Waals surface area contributed by atoms with E-state index in [1.165, 1.54) is 41.3 Å². The first-order chi connectivity index (χ1) is 14.5. The standard InChI is InChI=1S/C15H19NS.C9H10N2O2/c1-11(16-12-6-2-3-7-12)14-10-17-15-9-5-4-8-13(14)15;10-8(12)6-11-9(13)7-4-2-1-3-5-7/h4-5,8-12,16H,2-3,6-7H2,1H3;1-5H,6H2,(H2,10,12)(H,11,13). The van der Waals surface area contributed by atoms with Gasteiger partial charge in [-0.3, -0.25) is 9.59 Å². The maximum atomic E-state index is 11.2. The van der Waals surface area contributed by atoms with Gasteiger partial charge >= 0.3 is 0 Å². The van der Waals surface area contributed by atoms with E-state index in [0.29, 0.717) is 11.6 Å². The van der Waals surface area contributed by atoms with Crippen molar-refractivity contribution in [2.24, 2.45) is 5.73 Å². The number of benzene rings is 2. The van der Waals surface area contributed by atoms with Crippen molar-refractivity contribution in [1.29, 1.82) is 0 Å². The Labute approximate surface area is 181 Å². The number of nitrogens with two attached hydrogens (primary N) is 1. The van der Waals surface area contributed by atoms with Crippen LogP contribution in [0.25, 0.3) is 10.1 Å². The predicted molar refractivity (Wildman–Crippen MR) is 124 cm³/mol. The molecule has 3 aromatic rings. The summed E-state index contributed by atoms with van der Waals surface area (Å²) in [6.45, 7) is 2.17. The number of carbonyl (C=O) groups is 2. The number of fused-ring (bicyclic) bond motifs is 1. The molecule has 1 atom stereocenters. The van der Waals surface area contributed by atoms with E-state index >= 15 is 0 Å². The van der Waals surface area contributed by atoms with E-state index in [2.05, 4.69) is 47.2 Å². The molecule has 4 N–H and O–H groups in total. The van der Waals surface area contributed by atoms with E-state index in [-0.39, 0.29) is 12.5 Å². The molecule has 1 unspecified atom stereocenters. The van der Waals surface area contributed by atoms with E-state index in [0.717, 1.165) is 6.04 Å². The van der Waals surface area contributed by atoms with E-state index in [9.17, 15) is 9.59 Å². The molecule has 0 bridgehead atoms. The lowest BCUT2D eigenvalue weighted by Crippen LogP contribution is -2.33. The maximum Gasteiger partial charge on any atom is 0.251 e. The summed E-state index contributed by atoms with van der Waals surface area (Å²) in [5.41, 5.74) is 6.85. The summed E-state index contributed by atoms with van der Waals surface area (Å²) >= 11 is 1.86. The summed E-state index contributed by atoms with van der Waals surface area (Å²) in [5, 5.41) is 9.91. The van der Waals surface area contributed by atoms with E-state index in [1.54, 1.807) is 24.3 Å². The van der Waals surface area contributed by atoms with E-state index in [1.807, 2.05) is 17.4 Å². The van der Waals surface area contributed by atoms with Crippen LogP contribution < -0.4 is 16.4 Å². The highest BCUT2D eigenvalue weighted by atomic mass is 32.1. The lowest BCUT2D eigenvalue weighted by Gasteiger charge is -2.19. The molecule has 30 heavy (non-hydrogen) atoms. The highest BCUT2D eigenvalue weighted by Gasteiger charge is 2.19. The van der Waals surface area contributed by atoms with Crippen LogP contribution in [0.5, 0.6) is 0 Å². The molecule has 0 aliphatic heterocycles. The summed E-state index contributed by atoms with van der Waals surface area (Å²) in [6, 6.07) is 18.6. The number of hydrogen-bond acceptors (Lipinski definition) is 4. The van der Waals surface area contributed by atoms with Crippen LogP contribution in [0.2, 0.25) is 0 Å². The SMILES string of the molecule is CC(NC1CCCC1)c1csc2ccccc12.NC(=O)CNC(=O)c1ccccc1. The topological polar surface area (TPSA) is 84.2 Å². The molecule has 5 nitrogen and oxygen atoms in total. The molecule has 1 aliphatic carbocycles. The quantitative estimate of drug-likeness (QED) is 0.549. The summed E-state index contributed by atoms with van der Waals surface area (Å²) in [4.78, 5) is 21.6. The van der Waals surface area contributed by atoms with Crippen molar-refractivity contribution in [3.8, 4) is 0 Å². The molecule has 158 valence electrons. The van der Waals surface area contributed by atoms with Gasteiger partial charge in [0.2, 0.25) is 5.91 Å². The Hall–Kier alpha value is -2.70. The van der Waals surface area contributed by atoms with Crippen LogP contribution in [0, 0.1) is 0 Å². The number of hydrogen-bond donors (Lipinski definition) is 3. The van der Waals surface area contributed by atoms with Gasteiger partial charge in [-0.25, -0.2) is 0 Å². The summed E-state index contributed by atoms with van der Waals surface area (Å²) in [5.74, 6) is -0.844. The van der Waals surface area contributed by atoms with Crippen LogP contribution >= 0.6 is 11.3 Å². The fraction of sp³-hybridized carbons (Fsp3) is 0.333. The van der Waals surface area contributed by atoms with Crippen LogP contribution in [0.4, 0.5) is 0 Å². The van der Waals surface area contributed by atoms with Crippen molar-refractivity contribution < 1.29 is 9.59 Å². The monoisotopic (exact) mass is 423 g/mol. The average Bonchev–Trinajstić information content (AvgIpc) is 3.43. The van der Waals surface area contributed by atoms with Gasteiger partial charge in [0.05, 0.1) is 6.54 Å². The van der Waals surface area contributed by atoms with Gasteiger partial charge in [-0.2, -0.15) is 0 Å². The molecular formula is C24H29N3O2S. The van der Waals surface area contributed by atoms with Crippen molar-refractivity contribution >= 4 is 33.2 Å². The normalized spacial score (nSPS) is 14.7. The molecule has 0 radical (unpaired) electrons. The average molecular weight is 424 g/mol. The third-order valence-electron chi connectivity index (χ3n) is 5.28. The molecule has 0 saturated heterocycles. The number of thiophene rings is 1. The molecule has 2 amide bonds. The second-order valence-corrected chi connectivity index (χ2v) is 8.48. The van der Waals surface area contributed by atoms with E-state index in [4.69, 9.17) is 5.73 Å². The van der Waals surface area contributed by atoms with Crippen LogP contribution in [0.3, 0.4) is 0 Å². The number of rotatable bonds is 6. The molecule has 1 aliphatic rings.